The topological polar surface area (TPSA) is 28.7 Å². The van der Waals surface area contributed by atoms with Crippen LogP contribution in [0.4, 0.5) is 0 Å². The number of para-hydroxylation sites is 2. The van der Waals surface area contributed by atoms with Crippen molar-refractivity contribution in [3.63, 3.8) is 0 Å². The highest BCUT2D eigenvalue weighted by atomic mass is 15.0. The van der Waals surface area contributed by atoms with Crippen LogP contribution in [0.25, 0.3) is 93.5 Å². The fourth-order valence-electron chi connectivity index (χ4n) is 8.27. The highest BCUT2D eigenvalue weighted by Gasteiger charge is 2.17. The third-order valence-electron chi connectivity index (χ3n) is 10.6. The van der Waals surface area contributed by atoms with Crippen LogP contribution in [-0.4, -0.2) is 4.57 Å². The van der Waals surface area contributed by atoms with Gasteiger partial charge in [-0.15, -0.1) is 0 Å². The van der Waals surface area contributed by atoms with E-state index < -0.39 is 0 Å². The summed E-state index contributed by atoms with van der Waals surface area (Å²) in [5.74, 6) is 0. The molecule has 10 aromatic rings. The van der Waals surface area contributed by atoms with Crippen LogP contribution >= 0.6 is 0 Å². The van der Waals surface area contributed by atoms with Crippen molar-refractivity contribution in [1.29, 1.82) is 5.26 Å². The average Bonchev–Trinajstić information content (AvgIpc) is 3.57. The Balaban J connectivity index is 1.04. The molecular weight excluding hydrogens is 641 g/mol. The third-order valence-corrected chi connectivity index (χ3v) is 10.6. The summed E-state index contributed by atoms with van der Waals surface area (Å²) < 4.78 is 2.26. The van der Waals surface area contributed by atoms with Crippen LogP contribution in [0.5, 0.6) is 0 Å². The maximum Gasteiger partial charge on any atom is 0.0998 e. The Morgan fingerprint density at radius 3 is 1.40 bits per heavy atom. The lowest BCUT2D eigenvalue weighted by molar-refractivity contribution is 1.18. The number of benzene rings is 9. The summed E-state index contributed by atoms with van der Waals surface area (Å²) in [6, 6.07) is 71.4. The molecule has 1 aromatic heterocycles. The fourth-order valence-corrected chi connectivity index (χ4v) is 8.27. The Morgan fingerprint density at radius 2 is 0.811 bits per heavy atom. The van der Waals surface area contributed by atoms with Gasteiger partial charge in [-0.25, -0.2) is 0 Å². The monoisotopic (exact) mass is 672 g/mol. The molecule has 0 radical (unpaired) electrons. The van der Waals surface area contributed by atoms with E-state index in [1.54, 1.807) is 0 Å². The smallest absolute Gasteiger partial charge is 0.0998 e. The molecule has 0 aliphatic carbocycles. The number of nitriles is 1. The van der Waals surface area contributed by atoms with E-state index in [0.29, 0.717) is 5.56 Å². The summed E-state index contributed by atoms with van der Waals surface area (Å²) >= 11 is 0. The van der Waals surface area contributed by atoms with E-state index in [4.69, 9.17) is 0 Å². The van der Waals surface area contributed by atoms with Gasteiger partial charge in [-0.1, -0.05) is 164 Å². The second-order valence-electron chi connectivity index (χ2n) is 13.6. The number of hydrogen-bond acceptors (Lipinski definition) is 1. The third kappa shape index (κ3) is 5.02. The minimum absolute atomic E-state index is 0.650. The second-order valence-corrected chi connectivity index (χ2v) is 13.6. The van der Waals surface area contributed by atoms with Crippen molar-refractivity contribution in [2.75, 3.05) is 0 Å². The van der Waals surface area contributed by atoms with Gasteiger partial charge in [0.15, 0.2) is 0 Å². The molecule has 0 spiro atoms. The van der Waals surface area contributed by atoms with Gasteiger partial charge < -0.3 is 4.57 Å². The van der Waals surface area contributed by atoms with E-state index in [9.17, 15) is 5.26 Å². The number of rotatable bonds is 5. The molecule has 9 aromatic carbocycles. The molecular formula is C51H32N2. The van der Waals surface area contributed by atoms with Crippen LogP contribution in [0.15, 0.2) is 194 Å². The Morgan fingerprint density at radius 1 is 0.340 bits per heavy atom. The van der Waals surface area contributed by atoms with Gasteiger partial charge in [-0.2, -0.15) is 5.26 Å². The van der Waals surface area contributed by atoms with Gasteiger partial charge in [0.05, 0.1) is 22.7 Å². The number of hydrogen-bond donors (Lipinski definition) is 0. The maximum absolute atomic E-state index is 10.4. The van der Waals surface area contributed by atoms with Crippen LogP contribution < -0.4 is 0 Å². The molecule has 10 rings (SSSR count). The van der Waals surface area contributed by atoms with Gasteiger partial charge in [0, 0.05) is 16.5 Å². The highest BCUT2D eigenvalue weighted by molar-refractivity contribution is 6.21. The predicted octanol–water partition coefficient (Wildman–Crippen LogP) is 13.6. The van der Waals surface area contributed by atoms with E-state index in [1.165, 1.54) is 54.6 Å². The van der Waals surface area contributed by atoms with E-state index in [2.05, 4.69) is 199 Å². The Bertz CT molecular complexity index is 2940. The summed E-state index contributed by atoms with van der Waals surface area (Å²) in [5, 5.41) is 17.8. The van der Waals surface area contributed by atoms with Crippen LogP contribution in [0.2, 0.25) is 0 Å². The first-order valence-electron chi connectivity index (χ1n) is 18.0. The molecule has 246 valence electrons. The summed E-state index contributed by atoms with van der Waals surface area (Å²) in [6.45, 7) is 0. The van der Waals surface area contributed by atoms with Gasteiger partial charge in [0.25, 0.3) is 0 Å². The molecule has 0 aliphatic heterocycles. The maximum atomic E-state index is 10.4. The van der Waals surface area contributed by atoms with Gasteiger partial charge in [-0.05, 0) is 96.4 Å². The summed E-state index contributed by atoms with van der Waals surface area (Å²) in [5.41, 5.74) is 13.0. The molecule has 2 heteroatoms. The van der Waals surface area contributed by atoms with Gasteiger partial charge in [0.1, 0.15) is 0 Å². The standard InChI is InChI=1S/C51H32N2/c52-33-39-32-40(53-48-23-10-8-17-42(48)43-18-9-11-24-49(43)53)29-30-41(39)35-27-25-34(26-28-35)37-15-12-16-38(31-37)51-46-21-6-4-19-44(46)50(36-13-2-1-3-14-36)45-20-5-7-22-47(45)51/h1-32H. The molecule has 1 heterocycles. The quantitative estimate of drug-likeness (QED) is 0.167. The largest absolute Gasteiger partial charge is 0.309 e. The molecule has 0 N–H and O–H groups in total. The first-order valence-corrected chi connectivity index (χ1v) is 18.0. The molecule has 0 amide bonds. The zero-order valence-electron chi connectivity index (χ0n) is 28.9. The number of fused-ring (bicyclic) bond motifs is 5. The minimum atomic E-state index is 0.650. The summed E-state index contributed by atoms with van der Waals surface area (Å²) in [4.78, 5) is 0. The van der Waals surface area contributed by atoms with Crippen LogP contribution in [-0.2, 0) is 0 Å². The highest BCUT2D eigenvalue weighted by Crippen LogP contribution is 2.44. The van der Waals surface area contributed by atoms with E-state index in [-0.39, 0.29) is 0 Å². The summed E-state index contributed by atoms with van der Waals surface area (Å²) in [7, 11) is 0. The fraction of sp³-hybridized carbons (Fsp3) is 0. The van der Waals surface area contributed by atoms with E-state index in [1.807, 2.05) is 6.07 Å². The van der Waals surface area contributed by atoms with Gasteiger partial charge in [0.2, 0.25) is 0 Å². The number of aromatic nitrogens is 1. The predicted molar refractivity (Wildman–Crippen MR) is 222 cm³/mol. The lowest BCUT2D eigenvalue weighted by Gasteiger charge is -2.18. The molecule has 0 atom stereocenters. The first-order chi connectivity index (χ1) is 26.3. The molecule has 0 aliphatic rings. The van der Waals surface area contributed by atoms with Crippen molar-refractivity contribution < 1.29 is 0 Å². The first kappa shape index (κ1) is 30.6. The van der Waals surface area contributed by atoms with Crippen molar-refractivity contribution in [2.24, 2.45) is 0 Å². The van der Waals surface area contributed by atoms with Crippen molar-refractivity contribution in [1.82, 2.24) is 4.57 Å². The molecule has 0 saturated carbocycles. The lowest BCUT2D eigenvalue weighted by atomic mass is 9.85. The van der Waals surface area contributed by atoms with Gasteiger partial charge in [-0.3, -0.25) is 0 Å². The molecule has 0 saturated heterocycles. The van der Waals surface area contributed by atoms with Crippen molar-refractivity contribution >= 4 is 43.4 Å². The molecule has 0 unspecified atom stereocenters. The molecule has 0 fully saturated rings. The SMILES string of the molecule is N#Cc1cc(-n2c3ccccc3c3ccccc32)ccc1-c1ccc(-c2cccc(-c3c4ccccc4c(-c4ccccc4)c4ccccc34)c2)cc1. The normalized spacial score (nSPS) is 11.4. The molecule has 2 nitrogen and oxygen atoms in total. The summed E-state index contributed by atoms with van der Waals surface area (Å²) in [6.07, 6.45) is 0. The second kappa shape index (κ2) is 12.5. The van der Waals surface area contributed by atoms with Crippen LogP contribution in [0.3, 0.4) is 0 Å². The Kier molecular flexibility index (Phi) is 7.23. The van der Waals surface area contributed by atoms with Crippen molar-refractivity contribution in [3.8, 4) is 56.3 Å². The van der Waals surface area contributed by atoms with Crippen molar-refractivity contribution in [2.45, 2.75) is 0 Å². The van der Waals surface area contributed by atoms with Crippen molar-refractivity contribution in [3.05, 3.63) is 200 Å². The zero-order chi connectivity index (χ0) is 35.3. The minimum Gasteiger partial charge on any atom is -0.309 e. The van der Waals surface area contributed by atoms with E-state index in [0.717, 1.165) is 39.0 Å². The zero-order valence-corrected chi connectivity index (χ0v) is 28.9. The van der Waals surface area contributed by atoms with Crippen LogP contribution in [0, 0.1) is 11.3 Å². The van der Waals surface area contributed by atoms with Crippen LogP contribution in [0.1, 0.15) is 5.56 Å². The van der Waals surface area contributed by atoms with E-state index >= 15 is 0 Å². The Hall–Kier alpha value is -7.21. The lowest BCUT2D eigenvalue weighted by Crippen LogP contribution is -1.96. The average molecular weight is 673 g/mol. The molecule has 0 bridgehead atoms. The Labute approximate surface area is 308 Å². The van der Waals surface area contributed by atoms with Gasteiger partial charge >= 0.3 is 0 Å². The molecule has 53 heavy (non-hydrogen) atoms. The number of nitrogens with zero attached hydrogens (tertiary/aromatic N) is 2.